The number of carbonyl (C=O) groups excluding carboxylic acids is 2. The number of methoxy groups -OCH3 is 1. The van der Waals surface area contributed by atoms with Crippen molar-refractivity contribution in [3.05, 3.63) is 48.0 Å². The molecule has 248 valence electrons. The summed E-state index contributed by atoms with van der Waals surface area (Å²) in [6.45, 7) is 7.08. The van der Waals surface area contributed by atoms with Gasteiger partial charge in [0.1, 0.15) is 12.2 Å². The molecule has 5 N–H and O–H groups in total. The van der Waals surface area contributed by atoms with Gasteiger partial charge in [0.15, 0.2) is 6.10 Å². The maximum Gasteiger partial charge on any atom is 0.344 e. The maximum atomic E-state index is 12.8. The second kappa shape index (κ2) is 14.0. The number of hydrogen-bond acceptors (Lipinski definition) is 12. The smallest absolute Gasteiger partial charge is 0.344 e. The van der Waals surface area contributed by atoms with Crippen LogP contribution in [0.4, 0.5) is 0 Å². The molecule has 0 aliphatic carbocycles. The highest BCUT2D eigenvalue weighted by Crippen LogP contribution is 2.56. The molecule has 2 bridgehead atoms. The number of aliphatic carboxylic acids is 3. The van der Waals surface area contributed by atoms with Gasteiger partial charge in [-0.05, 0) is 30.4 Å². The van der Waals surface area contributed by atoms with Crippen LogP contribution in [0.25, 0.3) is 0 Å². The number of hydrogen-bond donors (Lipinski definition) is 5. The number of fused-ring (bicyclic) bond motifs is 2. The third kappa shape index (κ3) is 6.72. The molecule has 0 amide bonds. The van der Waals surface area contributed by atoms with E-state index in [1.807, 2.05) is 30.3 Å². The number of benzene rings is 1. The minimum Gasteiger partial charge on any atom is -0.479 e. The third-order valence-electron chi connectivity index (χ3n) is 8.00. The van der Waals surface area contributed by atoms with Crippen molar-refractivity contribution < 1.29 is 73.2 Å². The Hall–Kier alpha value is -3.89. The van der Waals surface area contributed by atoms with E-state index in [-0.39, 0.29) is 37.4 Å². The Morgan fingerprint density at radius 3 is 2.22 bits per heavy atom. The summed E-state index contributed by atoms with van der Waals surface area (Å²) in [5.74, 6) is -11.4. The Labute approximate surface area is 258 Å². The van der Waals surface area contributed by atoms with Gasteiger partial charge < -0.3 is 49.2 Å². The molecule has 3 rings (SSSR count). The number of ether oxygens (including phenoxy) is 5. The average Bonchev–Trinajstić information content (AvgIpc) is 3.18. The molecular weight excluding hydrogens is 600 g/mol. The zero-order chi connectivity index (χ0) is 33.7. The normalized spacial score (nSPS) is 30.1. The standard InChI is InChI=1S/C30H38O15/c1-16(21(42-18(3)31)17(2)15-19-9-6-5-7-10-19)12-13-28-22(33)23(43-20(32)11-8-14-41-4)30(45-28,27(38)39)29(40,26(36)37)24(44-28)25(34)35/h5-7,9-10,17,21-24,33,40H,1,8,11-15H2,2-4H3,(H,34,35)(H,36,37)(H,38,39)/t17?,21?,22-,23-,24-,28-,29-,30-/m1/s1. The molecule has 15 nitrogen and oxygen atoms in total. The third-order valence-corrected chi connectivity index (χ3v) is 8.00. The van der Waals surface area contributed by atoms with Crippen LogP contribution in [0.15, 0.2) is 42.5 Å². The van der Waals surface area contributed by atoms with Crippen LogP contribution in [0.5, 0.6) is 0 Å². The topological polar surface area (TPSA) is 233 Å². The molecule has 2 unspecified atom stereocenters. The van der Waals surface area contributed by atoms with Crippen LogP contribution in [0, 0.1) is 5.92 Å². The molecular formula is C30H38O15. The van der Waals surface area contributed by atoms with Crippen molar-refractivity contribution in [3.8, 4) is 0 Å². The monoisotopic (exact) mass is 638 g/mol. The van der Waals surface area contributed by atoms with E-state index in [2.05, 4.69) is 6.58 Å². The van der Waals surface area contributed by atoms with E-state index in [0.29, 0.717) is 6.42 Å². The highest BCUT2D eigenvalue weighted by atomic mass is 16.8. The van der Waals surface area contributed by atoms with Gasteiger partial charge in [-0.3, -0.25) is 9.59 Å². The van der Waals surface area contributed by atoms with Crippen molar-refractivity contribution >= 4 is 29.8 Å². The summed E-state index contributed by atoms with van der Waals surface area (Å²) < 4.78 is 26.6. The van der Waals surface area contributed by atoms with Crippen LogP contribution < -0.4 is 0 Å². The van der Waals surface area contributed by atoms with Crippen LogP contribution in [0.2, 0.25) is 0 Å². The van der Waals surface area contributed by atoms with Gasteiger partial charge in [-0.15, -0.1) is 0 Å². The van der Waals surface area contributed by atoms with Crippen LogP contribution in [0.1, 0.15) is 45.1 Å². The van der Waals surface area contributed by atoms with Crippen molar-refractivity contribution in [2.75, 3.05) is 13.7 Å². The Balaban J connectivity index is 2.01. The average molecular weight is 639 g/mol. The van der Waals surface area contributed by atoms with E-state index in [4.69, 9.17) is 23.7 Å². The molecule has 2 saturated heterocycles. The summed E-state index contributed by atoms with van der Waals surface area (Å²) in [7, 11) is 1.37. The number of aliphatic hydroxyl groups excluding tert-OH is 1. The molecule has 0 spiro atoms. The van der Waals surface area contributed by atoms with Gasteiger partial charge in [-0.25, -0.2) is 14.4 Å². The number of aliphatic hydroxyl groups is 2. The first-order valence-electron chi connectivity index (χ1n) is 14.1. The van der Waals surface area contributed by atoms with Crippen LogP contribution in [-0.2, 0) is 54.1 Å². The lowest BCUT2D eigenvalue weighted by molar-refractivity contribution is -0.374. The van der Waals surface area contributed by atoms with Crippen molar-refractivity contribution in [1.82, 2.24) is 0 Å². The second-order valence-corrected chi connectivity index (χ2v) is 11.2. The van der Waals surface area contributed by atoms with E-state index in [0.717, 1.165) is 5.56 Å². The predicted octanol–water partition coefficient (Wildman–Crippen LogP) is 0.682. The summed E-state index contributed by atoms with van der Waals surface area (Å²) in [5.41, 5.74) is -6.25. The van der Waals surface area contributed by atoms with Crippen molar-refractivity contribution in [3.63, 3.8) is 0 Å². The van der Waals surface area contributed by atoms with E-state index in [1.54, 1.807) is 6.92 Å². The summed E-state index contributed by atoms with van der Waals surface area (Å²) in [6, 6.07) is 9.26. The van der Waals surface area contributed by atoms with Gasteiger partial charge in [0.2, 0.25) is 23.1 Å². The molecule has 45 heavy (non-hydrogen) atoms. The largest absolute Gasteiger partial charge is 0.479 e. The molecule has 0 saturated carbocycles. The highest BCUT2D eigenvalue weighted by molar-refractivity contribution is 5.98. The first-order chi connectivity index (χ1) is 21.1. The van der Waals surface area contributed by atoms with Crippen molar-refractivity contribution in [2.45, 2.75) is 87.4 Å². The Bertz CT molecular complexity index is 1300. The Kier molecular flexibility index (Phi) is 11.1. The molecule has 1 aromatic rings. The van der Waals surface area contributed by atoms with Crippen LogP contribution >= 0.6 is 0 Å². The van der Waals surface area contributed by atoms with Gasteiger partial charge >= 0.3 is 29.8 Å². The zero-order valence-electron chi connectivity index (χ0n) is 25.0. The number of carbonyl (C=O) groups is 5. The van der Waals surface area contributed by atoms with E-state index >= 15 is 0 Å². The van der Waals surface area contributed by atoms with Crippen LogP contribution in [0.3, 0.4) is 0 Å². The molecule has 1 aromatic carbocycles. The summed E-state index contributed by atoms with van der Waals surface area (Å²) >= 11 is 0. The van der Waals surface area contributed by atoms with Crippen LogP contribution in [-0.4, -0.2) is 111 Å². The van der Waals surface area contributed by atoms with E-state index in [9.17, 15) is 49.5 Å². The lowest BCUT2D eigenvalue weighted by atomic mass is 9.74. The summed E-state index contributed by atoms with van der Waals surface area (Å²) in [5, 5.41) is 52.9. The number of carboxylic acids is 3. The van der Waals surface area contributed by atoms with E-state index < -0.39 is 77.7 Å². The molecule has 15 heteroatoms. The van der Waals surface area contributed by atoms with Gasteiger partial charge in [0, 0.05) is 39.4 Å². The minimum atomic E-state index is -3.88. The van der Waals surface area contributed by atoms with Gasteiger partial charge in [-0.1, -0.05) is 43.8 Å². The van der Waals surface area contributed by atoms with Gasteiger partial charge in [0.25, 0.3) is 0 Å². The lowest BCUT2D eigenvalue weighted by Crippen LogP contribution is -2.78. The Morgan fingerprint density at radius 2 is 1.69 bits per heavy atom. The minimum absolute atomic E-state index is 0.0974. The maximum absolute atomic E-state index is 12.8. The Morgan fingerprint density at radius 1 is 1.04 bits per heavy atom. The fourth-order valence-electron chi connectivity index (χ4n) is 5.86. The predicted molar refractivity (Wildman–Crippen MR) is 150 cm³/mol. The molecule has 8 atom stereocenters. The van der Waals surface area contributed by atoms with Gasteiger partial charge in [-0.2, -0.15) is 0 Å². The first-order valence-corrected chi connectivity index (χ1v) is 14.1. The summed E-state index contributed by atoms with van der Waals surface area (Å²) in [6.07, 6.45) is -9.09. The van der Waals surface area contributed by atoms with Crippen molar-refractivity contribution in [2.24, 2.45) is 5.92 Å². The molecule has 2 heterocycles. The molecule has 0 radical (unpaired) electrons. The van der Waals surface area contributed by atoms with Gasteiger partial charge in [0.05, 0.1) is 0 Å². The molecule has 0 aromatic heterocycles. The lowest BCUT2D eigenvalue weighted by Gasteiger charge is -2.48. The number of carboxylic acid groups (broad SMARTS) is 3. The molecule has 2 aliphatic rings. The number of esters is 2. The highest BCUT2D eigenvalue weighted by Gasteiger charge is 2.85. The second-order valence-electron chi connectivity index (χ2n) is 11.2. The quantitative estimate of drug-likeness (QED) is 0.0952. The summed E-state index contributed by atoms with van der Waals surface area (Å²) in [4.78, 5) is 62.1. The first kappa shape index (κ1) is 35.6. The van der Waals surface area contributed by atoms with Crippen molar-refractivity contribution in [1.29, 1.82) is 0 Å². The number of rotatable bonds is 16. The van der Waals surface area contributed by atoms with E-state index in [1.165, 1.54) is 14.0 Å². The molecule has 2 aliphatic heterocycles. The zero-order valence-corrected chi connectivity index (χ0v) is 25.0. The SMILES string of the molecule is C=C(CC[C@@]12O[C@H](C(=O)O)[C@@](O)(C(=O)O)[C@@](C(=O)O)(O1)[C@H](OC(=O)CCCOC)[C@H]2O)C(OC(C)=O)C(C)Cc1ccccc1. The fraction of sp³-hybridized carbons (Fsp3) is 0.567. The molecule has 2 fully saturated rings. The fourth-order valence-corrected chi connectivity index (χ4v) is 5.86.